The van der Waals surface area contributed by atoms with Gasteiger partial charge in [-0.2, -0.15) is 0 Å². The summed E-state index contributed by atoms with van der Waals surface area (Å²) < 4.78 is 13.5. The molecule has 0 unspecified atom stereocenters. The Labute approximate surface area is 265 Å². The molecule has 1 fully saturated rings. The van der Waals surface area contributed by atoms with Gasteiger partial charge < -0.3 is 19.9 Å². The number of methoxy groups -OCH3 is 1. The van der Waals surface area contributed by atoms with Gasteiger partial charge in [-0.15, -0.1) is 0 Å². The molecule has 46 heavy (non-hydrogen) atoms. The molecule has 1 aliphatic heterocycles. The van der Waals surface area contributed by atoms with Crippen LogP contribution in [-0.4, -0.2) is 56.4 Å². The van der Waals surface area contributed by atoms with Crippen molar-refractivity contribution >= 4 is 22.9 Å². The molecule has 3 heterocycles. The number of fused-ring (bicyclic) bond motifs is 1. The number of aliphatic hydroxyl groups excluding tert-OH is 1. The van der Waals surface area contributed by atoms with Crippen LogP contribution in [0.2, 0.25) is 0 Å². The lowest BCUT2D eigenvalue weighted by atomic mass is 9.76. The third-order valence-corrected chi connectivity index (χ3v) is 8.38. The van der Waals surface area contributed by atoms with Gasteiger partial charge in [0.15, 0.2) is 23.2 Å². The number of aromatic nitrogens is 4. The van der Waals surface area contributed by atoms with Gasteiger partial charge in [0, 0.05) is 5.56 Å². The van der Waals surface area contributed by atoms with Gasteiger partial charge in [0.2, 0.25) is 0 Å². The topological polar surface area (TPSA) is 123 Å². The zero-order valence-electron chi connectivity index (χ0n) is 25.0. The van der Waals surface area contributed by atoms with Crippen molar-refractivity contribution in [3.63, 3.8) is 0 Å². The number of nitrogens with one attached hydrogen (secondary N) is 2. The Bertz CT molecular complexity index is 1900. The number of benzene rings is 4. The first-order valence-electron chi connectivity index (χ1n) is 15.0. The van der Waals surface area contributed by atoms with Gasteiger partial charge in [-0.25, -0.2) is 15.0 Å². The van der Waals surface area contributed by atoms with Crippen LogP contribution in [0.3, 0.4) is 0 Å². The minimum atomic E-state index is -0.896. The molecule has 1 aliphatic rings. The minimum absolute atomic E-state index is 0.0902. The molecule has 0 aliphatic carbocycles. The Morgan fingerprint density at radius 2 is 1.46 bits per heavy atom. The smallest absolute Gasteiger partial charge is 0.256 e. The fourth-order valence-corrected chi connectivity index (χ4v) is 6.13. The Morgan fingerprint density at radius 3 is 2.09 bits per heavy atom. The van der Waals surface area contributed by atoms with Crippen molar-refractivity contribution in [2.24, 2.45) is 0 Å². The summed E-state index contributed by atoms with van der Waals surface area (Å²) in [5.41, 5.74) is 3.37. The zero-order valence-corrected chi connectivity index (χ0v) is 25.0. The van der Waals surface area contributed by atoms with Gasteiger partial charge in [0.1, 0.15) is 12.1 Å². The highest BCUT2D eigenvalue weighted by atomic mass is 16.5. The molecule has 2 aromatic heterocycles. The van der Waals surface area contributed by atoms with Crippen LogP contribution in [0.25, 0.3) is 11.2 Å². The molecule has 6 aromatic rings. The van der Waals surface area contributed by atoms with Crippen molar-refractivity contribution in [3.8, 4) is 5.75 Å². The summed E-state index contributed by atoms with van der Waals surface area (Å²) in [4.78, 5) is 26.3. The van der Waals surface area contributed by atoms with Gasteiger partial charge in [-0.1, -0.05) is 91.0 Å². The first-order valence-corrected chi connectivity index (χ1v) is 15.0. The van der Waals surface area contributed by atoms with Gasteiger partial charge in [-0.05, 0) is 41.0 Å². The van der Waals surface area contributed by atoms with Crippen molar-refractivity contribution < 1.29 is 19.4 Å². The molecule has 0 radical (unpaired) electrons. The largest absolute Gasteiger partial charge is 0.497 e. The second kappa shape index (κ2) is 12.5. The second-order valence-electron chi connectivity index (χ2n) is 11.0. The molecule has 0 spiro atoms. The van der Waals surface area contributed by atoms with E-state index in [4.69, 9.17) is 9.47 Å². The lowest BCUT2D eigenvalue weighted by molar-refractivity contribution is 0.0399. The average Bonchev–Trinajstić information content (AvgIpc) is 3.71. The highest BCUT2D eigenvalue weighted by Gasteiger charge is 2.46. The fraction of sp³-hybridized carbons (Fsp3) is 0.167. The van der Waals surface area contributed by atoms with Crippen molar-refractivity contribution in [2.75, 3.05) is 19.0 Å². The number of amides is 1. The van der Waals surface area contributed by atoms with E-state index >= 15 is 0 Å². The first kappa shape index (κ1) is 29.3. The maximum absolute atomic E-state index is 12.9. The van der Waals surface area contributed by atoms with Crippen LogP contribution in [0.4, 0.5) is 5.82 Å². The third kappa shape index (κ3) is 5.28. The van der Waals surface area contributed by atoms with Gasteiger partial charge in [0.05, 0.1) is 37.7 Å². The maximum Gasteiger partial charge on any atom is 0.256 e. The average molecular weight is 613 g/mol. The minimum Gasteiger partial charge on any atom is -0.497 e. The summed E-state index contributed by atoms with van der Waals surface area (Å²) in [5, 5.41) is 18.2. The van der Waals surface area contributed by atoms with E-state index in [2.05, 4.69) is 49.9 Å². The summed E-state index contributed by atoms with van der Waals surface area (Å²) in [6.07, 6.45) is 1.42. The molecule has 0 saturated carbocycles. The molecule has 4 aromatic carbocycles. The van der Waals surface area contributed by atoms with Crippen LogP contribution in [-0.2, 0) is 10.3 Å². The van der Waals surface area contributed by atoms with Crippen LogP contribution in [0, 0.1) is 0 Å². The SMILES string of the molecule is COc1ccc(C(N[C@H]2[C@H](n3cnc4c(NC(=O)c5ccccc5)ncnc43)OC[C@@H]2O)(c2ccccc2)c2ccccc2)cc1. The molecule has 0 bridgehead atoms. The van der Waals surface area contributed by atoms with Crippen LogP contribution < -0.4 is 15.4 Å². The number of rotatable bonds is 9. The van der Waals surface area contributed by atoms with Gasteiger partial charge in [0.25, 0.3) is 5.91 Å². The number of hydrogen-bond acceptors (Lipinski definition) is 8. The number of anilines is 1. The van der Waals surface area contributed by atoms with E-state index in [0.717, 1.165) is 22.4 Å². The highest BCUT2D eigenvalue weighted by Crippen LogP contribution is 2.41. The van der Waals surface area contributed by atoms with Crippen molar-refractivity contribution in [1.82, 2.24) is 24.8 Å². The molecule has 1 amide bonds. The molecule has 3 atom stereocenters. The quantitative estimate of drug-likeness (QED) is 0.197. The predicted octanol–water partition coefficient (Wildman–Crippen LogP) is 4.93. The van der Waals surface area contributed by atoms with E-state index < -0.39 is 23.9 Å². The fourth-order valence-electron chi connectivity index (χ4n) is 6.13. The molecule has 230 valence electrons. The van der Waals surface area contributed by atoms with E-state index in [9.17, 15) is 9.90 Å². The summed E-state index contributed by atoms with van der Waals surface area (Å²) >= 11 is 0. The van der Waals surface area contributed by atoms with E-state index in [1.165, 1.54) is 6.33 Å². The van der Waals surface area contributed by atoms with Crippen LogP contribution in [0.5, 0.6) is 5.75 Å². The van der Waals surface area contributed by atoms with Gasteiger partial charge in [-0.3, -0.25) is 14.7 Å². The van der Waals surface area contributed by atoms with Gasteiger partial charge >= 0.3 is 0 Å². The molecule has 10 heteroatoms. The maximum atomic E-state index is 12.9. The van der Waals surface area contributed by atoms with Crippen LogP contribution in [0.1, 0.15) is 33.3 Å². The number of carbonyl (C=O) groups is 1. The highest BCUT2D eigenvalue weighted by molar-refractivity contribution is 6.06. The van der Waals surface area contributed by atoms with Crippen LogP contribution >= 0.6 is 0 Å². The zero-order chi connectivity index (χ0) is 31.5. The van der Waals surface area contributed by atoms with Crippen molar-refractivity contribution in [1.29, 1.82) is 0 Å². The normalized spacial score (nSPS) is 18.0. The summed E-state index contributed by atoms with van der Waals surface area (Å²) in [7, 11) is 1.64. The molecular weight excluding hydrogens is 580 g/mol. The Balaban J connectivity index is 1.31. The summed E-state index contributed by atoms with van der Waals surface area (Å²) in [6, 6.07) is 36.5. The molecular formula is C36H32N6O4. The molecule has 10 nitrogen and oxygen atoms in total. The van der Waals surface area contributed by atoms with Crippen LogP contribution in [0.15, 0.2) is 128 Å². The standard InChI is InChI=1S/C36H32N6O4/c1-45-28-19-17-27(18-20-28)36(25-13-7-3-8-14-25,26-15-9-4-10-16-26)41-30-29(43)21-46-35(30)42-23-39-31-32(37-22-38-33(31)42)40-34(44)24-11-5-2-6-12-24/h2-20,22-23,29-30,35,41,43H,21H2,1H3,(H,37,38,40,44)/t29-,30+,35+/m0/s1. The number of nitrogens with zero attached hydrogens (tertiary/aromatic N) is 4. The van der Waals surface area contributed by atoms with E-state index in [0.29, 0.717) is 16.7 Å². The molecule has 3 N–H and O–H groups in total. The lowest BCUT2D eigenvalue weighted by Crippen LogP contribution is -2.54. The summed E-state index contributed by atoms with van der Waals surface area (Å²) in [5.74, 6) is 0.708. The molecule has 1 saturated heterocycles. The number of imidazole rings is 1. The van der Waals surface area contributed by atoms with E-state index in [-0.39, 0.29) is 18.3 Å². The predicted molar refractivity (Wildman–Crippen MR) is 173 cm³/mol. The van der Waals surface area contributed by atoms with Crippen molar-refractivity contribution in [2.45, 2.75) is 23.9 Å². The number of ether oxygens (including phenoxy) is 2. The van der Waals surface area contributed by atoms with E-state index in [1.807, 2.05) is 66.7 Å². The van der Waals surface area contributed by atoms with E-state index in [1.54, 1.807) is 42.3 Å². The second-order valence-corrected chi connectivity index (χ2v) is 11.0. The number of aliphatic hydroxyl groups is 1. The Morgan fingerprint density at radius 1 is 0.848 bits per heavy atom. The Hall–Kier alpha value is -5.42. The number of hydrogen-bond donors (Lipinski definition) is 3. The lowest BCUT2D eigenvalue weighted by Gasteiger charge is -2.41. The number of carbonyl (C=O) groups excluding carboxylic acids is 1. The molecule has 7 rings (SSSR count). The third-order valence-electron chi connectivity index (χ3n) is 8.38. The first-order chi connectivity index (χ1) is 22.6. The monoisotopic (exact) mass is 612 g/mol. The summed E-state index contributed by atoms with van der Waals surface area (Å²) in [6.45, 7) is 0.0902. The Kier molecular flexibility index (Phi) is 7.98. The van der Waals surface area contributed by atoms with Crippen molar-refractivity contribution in [3.05, 3.63) is 150 Å².